The van der Waals surface area contributed by atoms with Crippen LogP contribution in [0.4, 0.5) is 0 Å². The first kappa shape index (κ1) is 16.0. The van der Waals surface area contributed by atoms with Gasteiger partial charge in [0.25, 0.3) is 0 Å². The van der Waals surface area contributed by atoms with Gasteiger partial charge in [-0.2, -0.15) is 0 Å². The summed E-state index contributed by atoms with van der Waals surface area (Å²) in [7, 11) is 0. The van der Waals surface area contributed by atoms with Crippen molar-refractivity contribution in [3.8, 4) is 0 Å². The lowest BCUT2D eigenvalue weighted by Gasteiger charge is -2.19. The first-order chi connectivity index (χ1) is 9.69. The lowest BCUT2D eigenvalue weighted by Crippen LogP contribution is -2.24. The summed E-state index contributed by atoms with van der Waals surface area (Å²) in [5.41, 5.74) is 2.73. The molecule has 0 spiro atoms. The normalized spacial score (nSPS) is 12.3. The van der Waals surface area contributed by atoms with Gasteiger partial charge in [0, 0.05) is 14.1 Å². The molecule has 0 saturated carbocycles. The highest BCUT2D eigenvalue weighted by Crippen LogP contribution is 2.21. The van der Waals surface area contributed by atoms with Crippen molar-refractivity contribution >= 4 is 38.5 Å². The summed E-state index contributed by atoms with van der Waals surface area (Å²) in [5, 5.41) is 3.66. The largest absolute Gasteiger partial charge is 0.310 e. The Labute approximate surface area is 143 Å². The molecule has 0 saturated heterocycles. The molecule has 0 aliphatic rings. The second-order valence-electron chi connectivity index (χ2n) is 4.89. The minimum absolute atomic E-state index is 0.380. The highest BCUT2D eigenvalue weighted by molar-refractivity contribution is 14.1. The lowest BCUT2D eigenvalue weighted by atomic mass is 9.99. The Kier molecular flexibility index (Phi) is 6.52. The number of nitrogens with one attached hydrogen (secondary N) is 1. The summed E-state index contributed by atoms with van der Waals surface area (Å²) in [6.07, 6.45) is 2.17. The zero-order chi connectivity index (χ0) is 14.4. The second kappa shape index (κ2) is 8.15. The van der Waals surface area contributed by atoms with Crippen molar-refractivity contribution in [1.29, 1.82) is 0 Å². The number of hydrogen-bond acceptors (Lipinski definition) is 1. The molecule has 1 atom stereocenters. The molecule has 1 nitrogen and oxygen atoms in total. The summed E-state index contributed by atoms with van der Waals surface area (Å²) < 4.78 is 2.42. The maximum atomic E-state index is 3.66. The predicted octanol–water partition coefficient (Wildman–Crippen LogP) is 5.34. The minimum Gasteiger partial charge on any atom is -0.310 e. The Hall–Kier alpha value is -0.390. The smallest absolute Gasteiger partial charge is 0.0361 e. The third kappa shape index (κ3) is 4.86. The van der Waals surface area contributed by atoms with Crippen LogP contribution in [0.1, 0.15) is 30.5 Å². The van der Waals surface area contributed by atoms with Crippen LogP contribution in [0.3, 0.4) is 0 Å². The fraction of sp³-hybridized carbons (Fsp3) is 0.294. The highest BCUT2D eigenvalue weighted by atomic mass is 127. The Bertz CT molecular complexity index is 539. The van der Waals surface area contributed by atoms with Gasteiger partial charge in [-0.05, 0) is 77.4 Å². The SMILES string of the molecule is CCCNC(Cc1ccc(Br)cc1)c1cccc(I)c1. The maximum absolute atomic E-state index is 3.66. The van der Waals surface area contributed by atoms with Crippen LogP contribution in [-0.4, -0.2) is 6.54 Å². The monoisotopic (exact) mass is 443 g/mol. The first-order valence-electron chi connectivity index (χ1n) is 6.92. The van der Waals surface area contributed by atoms with Crippen LogP contribution < -0.4 is 5.32 Å². The molecule has 0 aliphatic carbocycles. The maximum Gasteiger partial charge on any atom is 0.0361 e. The average Bonchev–Trinajstić information content (AvgIpc) is 2.45. The zero-order valence-electron chi connectivity index (χ0n) is 11.6. The lowest BCUT2D eigenvalue weighted by molar-refractivity contribution is 0.529. The van der Waals surface area contributed by atoms with Crippen molar-refractivity contribution in [2.24, 2.45) is 0 Å². The van der Waals surface area contributed by atoms with Gasteiger partial charge < -0.3 is 5.32 Å². The van der Waals surface area contributed by atoms with Crippen LogP contribution in [0.5, 0.6) is 0 Å². The van der Waals surface area contributed by atoms with Gasteiger partial charge in [0.05, 0.1) is 0 Å². The molecule has 3 heteroatoms. The molecule has 0 amide bonds. The molecular formula is C17H19BrIN. The van der Waals surface area contributed by atoms with E-state index in [1.54, 1.807) is 0 Å². The topological polar surface area (TPSA) is 12.0 Å². The molecule has 106 valence electrons. The standard InChI is InChI=1S/C17H19BrIN/c1-2-10-20-17(14-4-3-5-16(19)12-14)11-13-6-8-15(18)9-7-13/h3-9,12,17,20H,2,10-11H2,1H3. The average molecular weight is 444 g/mol. The highest BCUT2D eigenvalue weighted by Gasteiger charge is 2.11. The molecule has 0 fully saturated rings. The molecule has 0 heterocycles. The molecule has 0 bridgehead atoms. The van der Waals surface area contributed by atoms with Crippen molar-refractivity contribution in [3.63, 3.8) is 0 Å². The van der Waals surface area contributed by atoms with Crippen LogP contribution in [0.2, 0.25) is 0 Å². The molecule has 2 rings (SSSR count). The van der Waals surface area contributed by atoms with E-state index in [9.17, 15) is 0 Å². The van der Waals surface area contributed by atoms with E-state index in [2.05, 4.69) is 99.3 Å². The molecular weight excluding hydrogens is 425 g/mol. The number of rotatable bonds is 6. The van der Waals surface area contributed by atoms with Crippen LogP contribution in [0.25, 0.3) is 0 Å². The summed E-state index contributed by atoms with van der Waals surface area (Å²) in [5.74, 6) is 0. The Morgan fingerprint density at radius 2 is 1.90 bits per heavy atom. The van der Waals surface area contributed by atoms with Gasteiger partial charge in [-0.1, -0.05) is 47.1 Å². The second-order valence-corrected chi connectivity index (χ2v) is 7.05. The van der Waals surface area contributed by atoms with E-state index in [4.69, 9.17) is 0 Å². The van der Waals surface area contributed by atoms with E-state index in [0.717, 1.165) is 23.9 Å². The number of hydrogen-bond donors (Lipinski definition) is 1. The van der Waals surface area contributed by atoms with Gasteiger partial charge in [0.1, 0.15) is 0 Å². The van der Waals surface area contributed by atoms with Gasteiger partial charge in [0.2, 0.25) is 0 Å². The van der Waals surface area contributed by atoms with Crippen molar-refractivity contribution in [2.75, 3.05) is 6.54 Å². The van der Waals surface area contributed by atoms with E-state index in [1.807, 2.05) is 0 Å². The Morgan fingerprint density at radius 1 is 1.15 bits per heavy atom. The van der Waals surface area contributed by atoms with Crippen LogP contribution >= 0.6 is 38.5 Å². The predicted molar refractivity (Wildman–Crippen MR) is 98.0 cm³/mol. The fourth-order valence-electron chi connectivity index (χ4n) is 2.21. The van der Waals surface area contributed by atoms with Crippen molar-refractivity contribution in [2.45, 2.75) is 25.8 Å². The van der Waals surface area contributed by atoms with E-state index in [-0.39, 0.29) is 0 Å². The van der Waals surface area contributed by atoms with Crippen LogP contribution in [0, 0.1) is 3.57 Å². The van der Waals surface area contributed by atoms with E-state index < -0.39 is 0 Å². The molecule has 2 aromatic carbocycles. The third-order valence-corrected chi connectivity index (χ3v) is 4.44. The van der Waals surface area contributed by atoms with Crippen molar-refractivity contribution in [3.05, 3.63) is 67.7 Å². The van der Waals surface area contributed by atoms with Crippen molar-refractivity contribution < 1.29 is 0 Å². The quantitative estimate of drug-likeness (QED) is 0.594. The van der Waals surface area contributed by atoms with Crippen LogP contribution in [-0.2, 0) is 6.42 Å². The van der Waals surface area contributed by atoms with E-state index in [1.165, 1.54) is 14.7 Å². The molecule has 2 aromatic rings. The zero-order valence-corrected chi connectivity index (χ0v) is 15.3. The van der Waals surface area contributed by atoms with Crippen molar-refractivity contribution in [1.82, 2.24) is 5.32 Å². The summed E-state index contributed by atoms with van der Waals surface area (Å²) in [6, 6.07) is 17.8. The van der Waals surface area contributed by atoms with Gasteiger partial charge in [-0.3, -0.25) is 0 Å². The molecule has 0 aromatic heterocycles. The summed E-state index contributed by atoms with van der Waals surface area (Å²) in [6.45, 7) is 3.26. The Balaban J connectivity index is 2.16. The minimum atomic E-state index is 0.380. The molecule has 1 unspecified atom stereocenters. The molecule has 20 heavy (non-hydrogen) atoms. The van der Waals surface area contributed by atoms with E-state index >= 15 is 0 Å². The molecule has 0 aliphatic heterocycles. The van der Waals surface area contributed by atoms with E-state index in [0.29, 0.717) is 6.04 Å². The first-order valence-corrected chi connectivity index (χ1v) is 8.79. The molecule has 1 N–H and O–H groups in total. The Morgan fingerprint density at radius 3 is 2.55 bits per heavy atom. The van der Waals surface area contributed by atoms with Gasteiger partial charge in [0.15, 0.2) is 0 Å². The molecule has 0 radical (unpaired) electrons. The fourth-order valence-corrected chi connectivity index (χ4v) is 3.04. The van der Waals surface area contributed by atoms with Gasteiger partial charge in [-0.15, -0.1) is 0 Å². The number of benzene rings is 2. The number of halogens is 2. The summed E-state index contributed by atoms with van der Waals surface area (Å²) in [4.78, 5) is 0. The van der Waals surface area contributed by atoms with Gasteiger partial charge in [-0.25, -0.2) is 0 Å². The van der Waals surface area contributed by atoms with Crippen LogP contribution in [0.15, 0.2) is 53.0 Å². The van der Waals surface area contributed by atoms with Gasteiger partial charge >= 0.3 is 0 Å². The third-order valence-electron chi connectivity index (χ3n) is 3.24. The summed E-state index contributed by atoms with van der Waals surface area (Å²) >= 11 is 5.87.